The summed E-state index contributed by atoms with van der Waals surface area (Å²) >= 11 is 7.20. The quantitative estimate of drug-likeness (QED) is 0.777. The number of benzene rings is 1. The van der Waals surface area contributed by atoms with Crippen LogP contribution in [-0.4, -0.2) is 48.1 Å². The maximum atomic E-state index is 11.9. The van der Waals surface area contributed by atoms with Crippen molar-refractivity contribution in [2.75, 3.05) is 23.9 Å². The topological polar surface area (TPSA) is 80.5 Å². The molecule has 6 nitrogen and oxygen atoms in total. The Kier molecular flexibility index (Phi) is 4.33. The van der Waals surface area contributed by atoms with Crippen LogP contribution in [0.2, 0.25) is 5.02 Å². The molecule has 0 unspecified atom stereocenters. The first-order valence-electron chi connectivity index (χ1n) is 6.60. The van der Waals surface area contributed by atoms with Crippen LogP contribution >= 0.6 is 23.4 Å². The number of thioether (sulfide) groups is 1. The van der Waals surface area contributed by atoms with E-state index in [1.807, 2.05) is 0 Å². The van der Waals surface area contributed by atoms with E-state index in [0.717, 1.165) is 0 Å². The van der Waals surface area contributed by atoms with Crippen molar-refractivity contribution < 1.29 is 17.6 Å². The molecule has 2 aromatic rings. The highest BCUT2D eigenvalue weighted by Crippen LogP contribution is 2.26. The van der Waals surface area contributed by atoms with Crippen LogP contribution in [-0.2, 0) is 14.6 Å². The molecule has 0 spiro atoms. The second kappa shape index (κ2) is 6.10. The predicted octanol–water partition coefficient (Wildman–Crippen LogP) is 2.18. The van der Waals surface area contributed by atoms with Gasteiger partial charge in [-0.25, -0.2) is 13.4 Å². The fourth-order valence-electron chi connectivity index (χ4n) is 2.14. The highest BCUT2D eigenvalue weighted by atomic mass is 35.5. The number of halogens is 1. The molecular formula is C13H13ClN2O4S2. The lowest BCUT2D eigenvalue weighted by Gasteiger charge is -2.12. The molecule has 9 heteroatoms. The summed E-state index contributed by atoms with van der Waals surface area (Å²) in [6.45, 7) is 0.285. The number of carbonyl (C=O) groups is 1. The Morgan fingerprint density at radius 1 is 1.45 bits per heavy atom. The van der Waals surface area contributed by atoms with Gasteiger partial charge in [0.15, 0.2) is 15.4 Å². The van der Waals surface area contributed by atoms with Gasteiger partial charge in [0, 0.05) is 23.7 Å². The molecule has 0 radical (unpaired) electrons. The van der Waals surface area contributed by atoms with Crippen molar-refractivity contribution in [2.24, 2.45) is 0 Å². The van der Waals surface area contributed by atoms with Gasteiger partial charge in [-0.1, -0.05) is 23.4 Å². The molecule has 2 heterocycles. The summed E-state index contributed by atoms with van der Waals surface area (Å²) in [5.74, 6) is 0.207. The lowest BCUT2D eigenvalue weighted by molar-refractivity contribution is -0.129. The van der Waals surface area contributed by atoms with E-state index in [4.69, 9.17) is 16.0 Å². The lowest BCUT2D eigenvalue weighted by Crippen LogP contribution is -2.29. The first-order valence-corrected chi connectivity index (χ1v) is 9.78. The molecule has 0 N–H and O–H groups in total. The van der Waals surface area contributed by atoms with Crippen molar-refractivity contribution in [3.63, 3.8) is 0 Å². The minimum atomic E-state index is -3.08. The zero-order valence-electron chi connectivity index (χ0n) is 11.5. The van der Waals surface area contributed by atoms with Gasteiger partial charge in [-0.2, -0.15) is 0 Å². The maximum absolute atomic E-state index is 11.9. The molecule has 3 rings (SSSR count). The first kappa shape index (κ1) is 15.6. The minimum Gasteiger partial charge on any atom is -0.431 e. The minimum absolute atomic E-state index is 0.0533. The lowest BCUT2D eigenvalue weighted by atomic mass is 10.3. The number of nitrogens with zero attached hydrogens (tertiary/aromatic N) is 2. The predicted molar refractivity (Wildman–Crippen MR) is 84.7 cm³/mol. The molecule has 118 valence electrons. The van der Waals surface area contributed by atoms with E-state index in [-0.39, 0.29) is 30.5 Å². The monoisotopic (exact) mass is 360 g/mol. The number of amides is 1. The smallest absolute Gasteiger partial charge is 0.256 e. The van der Waals surface area contributed by atoms with Crippen LogP contribution in [0.5, 0.6) is 0 Å². The largest absolute Gasteiger partial charge is 0.431 e. The van der Waals surface area contributed by atoms with Crippen molar-refractivity contribution in [1.29, 1.82) is 0 Å². The first-order chi connectivity index (χ1) is 10.4. The number of hydrogen-bond acceptors (Lipinski definition) is 6. The molecule has 1 aromatic heterocycles. The number of hydrogen-bond donors (Lipinski definition) is 0. The van der Waals surface area contributed by atoms with Gasteiger partial charge in [-0.15, -0.1) is 0 Å². The Hall–Kier alpha value is -1.25. The molecule has 0 aliphatic carbocycles. The van der Waals surface area contributed by atoms with Crippen molar-refractivity contribution in [3.8, 4) is 0 Å². The van der Waals surface area contributed by atoms with Crippen LogP contribution in [0.4, 0.5) is 0 Å². The molecule has 0 saturated carbocycles. The molecule has 1 aliphatic heterocycles. The Labute approximate surface area is 136 Å². The van der Waals surface area contributed by atoms with Crippen LogP contribution in [0, 0.1) is 0 Å². The third-order valence-electron chi connectivity index (χ3n) is 3.25. The molecule has 1 saturated heterocycles. The second-order valence-electron chi connectivity index (χ2n) is 4.92. The zero-order valence-corrected chi connectivity index (χ0v) is 13.9. The molecule has 1 fully saturated rings. The number of oxazole rings is 1. The molecule has 22 heavy (non-hydrogen) atoms. The Balaban J connectivity index is 1.55. The Bertz CT molecular complexity index is 819. The van der Waals surface area contributed by atoms with Crippen LogP contribution in [0.25, 0.3) is 11.1 Å². The van der Waals surface area contributed by atoms with Crippen molar-refractivity contribution in [2.45, 2.75) is 11.6 Å². The van der Waals surface area contributed by atoms with Gasteiger partial charge < -0.3 is 9.32 Å². The van der Waals surface area contributed by atoms with Crippen LogP contribution in [0.3, 0.4) is 0 Å². The Morgan fingerprint density at radius 3 is 3.00 bits per heavy atom. The molecule has 1 aromatic carbocycles. The van der Waals surface area contributed by atoms with Crippen molar-refractivity contribution in [3.05, 3.63) is 23.2 Å². The fourth-order valence-corrected chi connectivity index (χ4v) is 4.44. The van der Waals surface area contributed by atoms with E-state index in [9.17, 15) is 13.2 Å². The molecule has 0 atom stereocenters. The highest BCUT2D eigenvalue weighted by Gasteiger charge is 2.28. The third-order valence-corrected chi connectivity index (χ3v) is 5.82. The normalized spacial score (nSPS) is 17.2. The summed E-state index contributed by atoms with van der Waals surface area (Å²) < 4.78 is 28.2. The van der Waals surface area contributed by atoms with Gasteiger partial charge >= 0.3 is 0 Å². The van der Waals surface area contributed by atoms with E-state index < -0.39 is 9.84 Å². The van der Waals surface area contributed by atoms with Gasteiger partial charge in [0.2, 0.25) is 5.91 Å². The number of carbonyl (C=O) groups excluding carboxylic acids is 1. The van der Waals surface area contributed by atoms with E-state index in [2.05, 4.69) is 4.98 Å². The highest BCUT2D eigenvalue weighted by molar-refractivity contribution is 7.99. The summed E-state index contributed by atoms with van der Waals surface area (Å²) in [7, 11) is -3.08. The number of sulfone groups is 1. The molecule has 1 aliphatic rings. The SMILES string of the molecule is O=C(CCSc1nc2cc(Cl)ccc2o1)N1CCS(=O)(=O)C1. The zero-order chi connectivity index (χ0) is 15.7. The summed E-state index contributed by atoms with van der Waals surface area (Å²) in [5, 5.41) is 1.06. The maximum Gasteiger partial charge on any atom is 0.256 e. The molecule has 0 bridgehead atoms. The summed E-state index contributed by atoms with van der Waals surface area (Å²) in [6, 6.07) is 5.18. The van der Waals surface area contributed by atoms with E-state index in [1.165, 1.54) is 16.7 Å². The standard InChI is InChI=1S/C13H13ClN2O4S2/c14-9-1-2-11-10(7-9)15-13(20-11)21-5-3-12(17)16-4-6-22(18,19)8-16/h1-2,7H,3-6,8H2. The van der Waals surface area contributed by atoms with Gasteiger partial charge in [-0.05, 0) is 18.2 Å². The second-order valence-corrected chi connectivity index (χ2v) is 8.56. The Morgan fingerprint density at radius 2 is 2.27 bits per heavy atom. The number of rotatable bonds is 4. The molecule has 1 amide bonds. The third kappa shape index (κ3) is 3.56. The van der Waals surface area contributed by atoms with Gasteiger partial charge in [0.25, 0.3) is 5.22 Å². The number of aromatic nitrogens is 1. The fraction of sp³-hybridized carbons (Fsp3) is 0.385. The van der Waals surface area contributed by atoms with E-state index in [0.29, 0.717) is 27.1 Å². The molecular weight excluding hydrogens is 348 g/mol. The van der Waals surface area contributed by atoms with Crippen molar-refractivity contribution >= 4 is 50.2 Å². The van der Waals surface area contributed by atoms with Crippen LogP contribution < -0.4 is 0 Å². The van der Waals surface area contributed by atoms with E-state index in [1.54, 1.807) is 18.2 Å². The van der Waals surface area contributed by atoms with Crippen LogP contribution in [0.1, 0.15) is 6.42 Å². The van der Waals surface area contributed by atoms with Crippen LogP contribution in [0.15, 0.2) is 27.8 Å². The summed E-state index contributed by atoms with van der Waals surface area (Å²) in [5.41, 5.74) is 1.32. The van der Waals surface area contributed by atoms with E-state index >= 15 is 0 Å². The average molecular weight is 361 g/mol. The van der Waals surface area contributed by atoms with Gasteiger partial charge in [-0.3, -0.25) is 4.79 Å². The average Bonchev–Trinajstić information content (AvgIpc) is 3.01. The number of fused-ring (bicyclic) bond motifs is 1. The summed E-state index contributed by atoms with van der Waals surface area (Å²) in [4.78, 5) is 17.6. The van der Waals surface area contributed by atoms with Gasteiger partial charge in [0.05, 0.1) is 5.75 Å². The van der Waals surface area contributed by atoms with Gasteiger partial charge in [0.1, 0.15) is 11.4 Å². The van der Waals surface area contributed by atoms with Crippen molar-refractivity contribution in [1.82, 2.24) is 9.88 Å². The summed E-state index contributed by atoms with van der Waals surface area (Å²) in [6.07, 6.45) is 0.250.